The molecule has 2 rings (SSSR count). The van der Waals surface area contributed by atoms with E-state index in [2.05, 4.69) is 9.97 Å². The number of carboxylic acid groups (broad SMARTS) is 1. The number of nitrogens with one attached hydrogen (secondary N) is 1. The Bertz CT molecular complexity index is 504. The zero-order valence-electron chi connectivity index (χ0n) is 10.4. The molecule has 0 aliphatic carbocycles. The standard InChI is InChI=1S/C12H17N3O3/c1-8-9(7-10(16)17)11(18)14-12(13-8)15-5-3-2-4-6-15/h2-7H2,1H3,(H,16,17)(H,13,14,18). The fraction of sp³-hybridized carbons (Fsp3) is 0.583. The second-order valence-electron chi connectivity index (χ2n) is 4.57. The van der Waals surface area contributed by atoms with Crippen LogP contribution >= 0.6 is 0 Å². The molecule has 1 aliphatic heterocycles. The lowest BCUT2D eigenvalue weighted by atomic mass is 10.1. The third-order valence-corrected chi connectivity index (χ3v) is 3.19. The molecule has 6 nitrogen and oxygen atoms in total. The average Bonchev–Trinajstić information content (AvgIpc) is 2.34. The molecule has 98 valence electrons. The van der Waals surface area contributed by atoms with E-state index in [1.165, 1.54) is 6.42 Å². The van der Waals surface area contributed by atoms with Gasteiger partial charge in [-0.1, -0.05) is 0 Å². The van der Waals surface area contributed by atoms with Gasteiger partial charge in [0.15, 0.2) is 0 Å². The van der Waals surface area contributed by atoms with Crippen LogP contribution in [0, 0.1) is 6.92 Å². The zero-order chi connectivity index (χ0) is 13.1. The number of aryl methyl sites for hydroxylation is 1. The molecule has 0 saturated carbocycles. The van der Waals surface area contributed by atoms with Gasteiger partial charge in [0.1, 0.15) is 0 Å². The van der Waals surface area contributed by atoms with E-state index in [9.17, 15) is 9.59 Å². The Morgan fingerprint density at radius 2 is 2.06 bits per heavy atom. The molecule has 1 aromatic rings. The highest BCUT2D eigenvalue weighted by Crippen LogP contribution is 2.15. The number of carboxylic acids is 1. The summed E-state index contributed by atoms with van der Waals surface area (Å²) in [6, 6.07) is 0. The zero-order valence-corrected chi connectivity index (χ0v) is 10.4. The Hall–Kier alpha value is -1.85. The van der Waals surface area contributed by atoms with Gasteiger partial charge in [0.25, 0.3) is 5.56 Å². The molecule has 18 heavy (non-hydrogen) atoms. The van der Waals surface area contributed by atoms with Crippen molar-refractivity contribution in [2.24, 2.45) is 0 Å². The summed E-state index contributed by atoms with van der Waals surface area (Å²) < 4.78 is 0. The maximum atomic E-state index is 11.9. The molecule has 1 aromatic heterocycles. The van der Waals surface area contributed by atoms with Gasteiger partial charge in [0.05, 0.1) is 12.1 Å². The fourth-order valence-corrected chi connectivity index (χ4v) is 2.21. The molecule has 1 aliphatic rings. The van der Waals surface area contributed by atoms with Crippen molar-refractivity contribution in [3.8, 4) is 0 Å². The highest BCUT2D eigenvalue weighted by atomic mass is 16.4. The largest absolute Gasteiger partial charge is 0.481 e. The second kappa shape index (κ2) is 5.20. The summed E-state index contributed by atoms with van der Waals surface area (Å²) in [6.45, 7) is 3.46. The van der Waals surface area contributed by atoms with E-state index in [-0.39, 0.29) is 17.5 Å². The molecule has 0 aromatic carbocycles. The first-order valence-corrected chi connectivity index (χ1v) is 6.14. The van der Waals surface area contributed by atoms with Crippen LogP contribution in [0.1, 0.15) is 30.5 Å². The number of aromatic amines is 1. The van der Waals surface area contributed by atoms with Crippen molar-refractivity contribution >= 4 is 11.9 Å². The molecule has 0 unspecified atom stereocenters. The maximum Gasteiger partial charge on any atom is 0.308 e. The van der Waals surface area contributed by atoms with E-state index in [1.54, 1.807) is 6.92 Å². The number of aliphatic carboxylic acids is 1. The number of hydrogen-bond donors (Lipinski definition) is 2. The smallest absolute Gasteiger partial charge is 0.308 e. The van der Waals surface area contributed by atoms with E-state index in [0.717, 1.165) is 25.9 Å². The number of carbonyl (C=O) groups is 1. The Morgan fingerprint density at radius 1 is 1.39 bits per heavy atom. The van der Waals surface area contributed by atoms with Gasteiger partial charge in [-0.3, -0.25) is 14.6 Å². The molecule has 1 fully saturated rings. The maximum absolute atomic E-state index is 11.9. The molecule has 1 saturated heterocycles. The van der Waals surface area contributed by atoms with E-state index in [4.69, 9.17) is 5.11 Å². The summed E-state index contributed by atoms with van der Waals surface area (Å²) in [5, 5.41) is 8.74. The van der Waals surface area contributed by atoms with E-state index in [1.807, 2.05) is 4.90 Å². The topological polar surface area (TPSA) is 86.3 Å². The summed E-state index contributed by atoms with van der Waals surface area (Å²) in [4.78, 5) is 31.6. The van der Waals surface area contributed by atoms with Gasteiger partial charge in [0, 0.05) is 18.7 Å². The minimum absolute atomic E-state index is 0.239. The van der Waals surface area contributed by atoms with Crippen LogP contribution in [0.5, 0.6) is 0 Å². The highest BCUT2D eigenvalue weighted by molar-refractivity contribution is 5.70. The van der Waals surface area contributed by atoms with Crippen LogP contribution in [0.4, 0.5) is 5.95 Å². The van der Waals surface area contributed by atoms with Gasteiger partial charge in [0.2, 0.25) is 5.95 Å². The van der Waals surface area contributed by atoms with Crippen LogP contribution < -0.4 is 10.5 Å². The molecular formula is C12H17N3O3. The highest BCUT2D eigenvalue weighted by Gasteiger charge is 2.16. The normalized spacial score (nSPS) is 15.7. The van der Waals surface area contributed by atoms with Crippen LogP contribution in [-0.4, -0.2) is 34.1 Å². The van der Waals surface area contributed by atoms with Gasteiger partial charge in [-0.25, -0.2) is 4.98 Å². The third-order valence-electron chi connectivity index (χ3n) is 3.19. The quantitative estimate of drug-likeness (QED) is 0.825. The number of rotatable bonds is 3. The van der Waals surface area contributed by atoms with Crippen molar-refractivity contribution in [2.75, 3.05) is 18.0 Å². The molecule has 0 atom stereocenters. The SMILES string of the molecule is Cc1nc(N2CCCCC2)[nH]c(=O)c1CC(=O)O. The number of piperidine rings is 1. The number of H-pyrrole nitrogens is 1. The summed E-state index contributed by atoms with van der Waals surface area (Å²) in [5.74, 6) is -0.456. The van der Waals surface area contributed by atoms with E-state index >= 15 is 0 Å². The van der Waals surface area contributed by atoms with Crippen LogP contribution in [0.3, 0.4) is 0 Å². The molecule has 0 radical (unpaired) electrons. The minimum atomic E-state index is -1.02. The Balaban J connectivity index is 2.29. The minimum Gasteiger partial charge on any atom is -0.481 e. The summed E-state index contributed by atoms with van der Waals surface area (Å²) in [7, 11) is 0. The molecule has 0 spiro atoms. The van der Waals surface area contributed by atoms with Crippen LogP contribution in [-0.2, 0) is 11.2 Å². The molecule has 0 bridgehead atoms. The van der Waals surface area contributed by atoms with Crippen LogP contribution in [0.15, 0.2) is 4.79 Å². The number of nitrogens with zero attached hydrogens (tertiary/aromatic N) is 2. The predicted molar refractivity (Wildman–Crippen MR) is 67.0 cm³/mol. The van der Waals surface area contributed by atoms with Crippen molar-refractivity contribution < 1.29 is 9.90 Å². The summed E-state index contributed by atoms with van der Waals surface area (Å²) in [5.41, 5.74) is 0.399. The second-order valence-corrected chi connectivity index (χ2v) is 4.57. The van der Waals surface area contributed by atoms with Crippen LogP contribution in [0.25, 0.3) is 0 Å². The molecule has 2 N–H and O–H groups in total. The Labute approximate surface area is 105 Å². The first-order valence-electron chi connectivity index (χ1n) is 6.14. The van der Waals surface area contributed by atoms with Gasteiger partial charge in [-0.2, -0.15) is 0 Å². The van der Waals surface area contributed by atoms with E-state index in [0.29, 0.717) is 11.6 Å². The van der Waals surface area contributed by atoms with Gasteiger partial charge in [-0.15, -0.1) is 0 Å². The Morgan fingerprint density at radius 3 is 2.61 bits per heavy atom. The molecular weight excluding hydrogens is 234 g/mol. The fourth-order valence-electron chi connectivity index (χ4n) is 2.21. The van der Waals surface area contributed by atoms with Crippen molar-refractivity contribution in [1.29, 1.82) is 0 Å². The summed E-state index contributed by atoms with van der Waals surface area (Å²) >= 11 is 0. The summed E-state index contributed by atoms with van der Waals surface area (Å²) in [6.07, 6.45) is 3.12. The molecule has 2 heterocycles. The average molecular weight is 251 g/mol. The van der Waals surface area contributed by atoms with E-state index < -0.39 is 5.97 Å². The van der Waals surface area contributed by atoms with Gasteiger partial charge >= 0.3 is 5.97 Å². The van der Waals surface area contributed by atoms with Crippen molar-refractivity contribution in [1.82, 2.24) is 9.97 Å². The Kier molecular flexibility index (Phi) is 3.64. The van der Waals surface area contributed by atoms with Gasteiger partial charge < -0.3 is 10.0 Å². The molecule has 0 amide bonds. The monoisotopic (exact) mass is 251 g/mol. The number of aromatic nitrogens is 2. The first kappa shape index (κ1) is 12.6. The first-order chi connectivity index (χ1) is 8.58. The molecule has 6 heteroatoms. The number of anilines is 1. The van der Waals surface area contributed by atoms with Gasteiger partial charge in [-0.05, 0) is 26.2 Å². The lowest BCUT2D eigenvalue weighted by molar-refractivity contribution is -0.136. The third kappa shape index (κ3) is 2.69. The van der Waals surface area contributed by atoms with Crippen molar-refractivity contribution in [2.45, 2.75) is 32.6 Å². The number of hydrogen-bond acceptors (Lipinski definition) is 4. The lowest BCUT2D eigenvalue weighted by Gasteiger charge is -2.27. The predicted octanol–water partition coefficient (Wildman–Crippen LogP) is 0.696. The van der Waals surface area contributed by atoms with Crippen molar-refractivity contribution in [3.63, 3.8) is 0 Å². The lowest BCUT2D eigenvalue weighted by Crippen LogP contribution is -2.33. The van der Waals surface area contributed by atoms with Crippen molar-refractivity contribution in [3.05, 3.63) is 21.6 Å². The van der Waals surface area contributed by atoms with Crippen LogP contribution in [0.2, 0.25) is 0 Å².